The van der Waals surface area contributed by atoms with E-state index in [0.717, 1.165) is 49.3 Å². The number of likely N-dealkylation sites (tertiary alicyclic amines) is 1. The van der Waals surface area contributed by atoms with Crippen LogP contribution in [0.1, 0.15) is 61.3 Å². The second kappa shape index (κ2) is 6.43. The quantitative estimate of drug-likeness (QED) is 0.742. The zero-order valence-electron chi connectivity index (χ0n) is 17.0. The summed E-state index contributed by atoms with van der Waals surface area (Å²) >= 11 is 6.49. The summed E-state index contributed by atoms with van der Waals surface area (Å²) in [6, 6.07) is 4.18. The number of piperidine rings is 1. The molecule has 1 atom stereocenters. The van der Waals surface area contributed by atoms with Gasteiger partial charge < -0.3 is 4.74 Å². The van der Waals surface area contributed by atoms with Crippen molar-refractivity contribution >= 4 is 11.6 Å². The monoisotopic (exact) mass is 397 g/mol. The number of benzene rings is 1. The number of halogens is 1. The third-order valence-electron chi connectivity index (χ3n) is 6.85. The lowest BCUT2D eigenvalue weighted by atomic mass is 9.77. The van der Waals surface area contributed by atoms with Crippen molar-refractivity contribution in [3.63, 3.8) is 0 Å². The predicted octanol–water partition coefficient (Wildman–Crippen LogP) is 4.59. The standard InChI is InChI=1S/C23H28ClN3O/c1-15-25-11-16-5-7-23(21(16)26-15)6-4-8-27(13-23)12-17-9-18(24)10-19-20(17)28-14-22(19,2)3/h9-11H,4-8,12-14H2,1-3H3. The molecule has 148 valence electrons. The maximum atomic E-state index is 6.49. The second-order valence-corrected chi connectivity index (χ2v) is 9.94. The summed E-state index contributed by atoms with van der Waals surface area (Å²) in [5, 5.41) is 0.814. The molecule has 1 saturated heterocycles. The molecule has 28 heavy (non-hydrogen) atoms. The summed E-state index contributed by atoms with van der Waals surface area (Å²) in [6.07, 6.45) is 6.77. The average Bonchev–Trinajstić information content (AvgIpc) is 3.13. The van der Waals surface area contributed by atoms with E-state index in [1.807, 2.05) is 13.1 Å². The van der Waals surface area contributed by atoms with Gasteiger partial charge in [-0.2, -0.15) is 0 Å². The molecule has 0 amide bonds. The molecule has 3 heterocycles. The molecule has 1 aliphatic carbocycles. The maximum absolute atomic E-state index is 6.49. The minimum absolute atomic E-state index is 0.0247. The SMILES string of the molecule is Cc1ncc2c(n1)C1(CCCN(Cc3cc(Cl)cc4c3OCC4(C)C)C1)CC2. The third kappa shape index (κ3) is 2.93. The van der Waals surface area contributed by atoms with E-state index in [9.17, 15) is 0 Å². The fraction of sp³-hybridized carbons (Fsp3) is 0.565. The Bertz CT molecular complexity index is 938. The molecule has 1 unspecified atom stereocenters. The number of aromatic nitrogens is 2. The van der Waals surface area contributed by atoms with Crippen LogP contribution < -0.4 is 4.74 Å². The van der Waals surface area contributed by atoms with Crippen molar-refractivity contribution < 1.29 is 4.74 Å². The smallest absolute Gasteiger partial charge is 0.127 e. The molecule has 4 nitrogen and oxygen atoms in total. The van der Waals surface area contributed by atoms with Crippen LogP contribution in [-0.2, 0) is 23.8 Å². The van der Waals surface area contributed by atoms with Gasteiger partial charge in [0, 0.05) is 46.3 Å². The summed E-state index contributed by atoms with van der Waals surface area (Å²) in [6.45, 7) is 10.2. The van der Waals surface area contributed by atoms with Crippen molar-refractivity contribution in [2.45, 2.75) is 63.8 Å². The van der Waals surface area contributed by atoms with Crippen LogP contribution in [-0.4, -0.2) is 34.6 Å². The molecule has 1 spiro atoms. The van der Waals surface area contributed by atoms with Crippen LogP contribution in [0.15, 0.2) is 18.3 Å². The Morgan fingerprint density at radius 2 is 2.11 bits per heavy atom. The number of fused-ring (bicyclic) bond motifs is 3. The Labute approximate surface area is 172 Å². The van der Waals surface area contributed by atoms with Crippen LogP contribution in [0.3, 0.4) is 0 Å². The third-order valence-corrected chi connectivity index (χ3v) is 7.07. The van der Waals surface area contributed by atoms with Crippen LogP contribution in [0.5, 0.6) is 5.75 Å². The zero-order chi connectivity index (χ0) is 19.5. The number of hydrogen-bond donors (Lipinski definition) is 0. The lowest BCUT2D eigenvalue weighted by molar-refractivity contribution is 0.135. The largest absolute Gasteiger partial charge is 0.492 e. The number of aryl methyl sites for hydroxylation is 2. The topological polar surface area (TPSA) is 38.2 Å². The molecule has 1 aromatic carbocycles. The molecule has 5 heteroatoms. The average molecular weight is 398 g/mol. The van der Waals surface area contributed by atoms with Crippen LogP contribution in [0.4, 0.5) is 0 Å². The molecule has 2 aliphatic heterocycles. The van der Waals surface area contributed by atoms with Gasteiger partial charge in [-0.05, 0) is 56.8 Å². The highest BCUT2D eigenvalue weighted by Crippen LogP contribution is 2.46. The lowest BCUT2D eigenvalue weighted by Gasteiger charge is -2.40. The van der Waals surface area contributed by atoms with Crippen molar-refractivity contribution in [1.82, 2.24) is 14.9 Å². The molecule has 3 aliphatic rings. The molecule has 1 aromatic heterocycles. The van der Waals surface area contributed by atoms with Crippen LogP contribution >= 0.6 is 11.6 Å². The normalized spacial score (nSPS) is 25.6. The van der Waals surface area contributed by atoms with Gasteiger partial charge in [-0.3, -0.25) is 4.90 Å². The molecule has 2 aromatic rings. The van der Waals surface area contributed by atoms with Crippen molar-refractivity contribution in [3.8, 4) is 5.75 Å². The van der Waals surface area contributed by atoms with E-state index in [1.165, 1.54) is 41.6 Å². The Hall–Kier alpha value is -1.65. The first-order valence-electron chi connectivity index (χ1n) is 10.4. The van der Waals surface area contributed by atoms with E-state index in [-0.39, 0.29) is 10.8 Å². The minimum Gasteiger partial charge on any atom is -0.492 e. The Morgan fingerprint density at radius 1 is 1.25 bits per heavy atom. The predicted molar refractivity (Wildman–Crippen MR) is 111 cm³/mol. The van der Waals surface area contributed by atoms with Gasteiger partial charge in [-0.15, -0.1) is 0 Å². The summed E-state index contributed by atoms with van der Waals surface area (Å²) in [4.78, 5) is 11.9. The molecular formula is C23H28ClN3O. The highest BCUT2D eigenvalue weighted by molar-refractivity contribution is 6.30. The fourth-order valence-electron chi connectivity index (χ4n) is 5.40. The molecule has 0 radical (unpaired) electrons. The number of ether oxygens (including phenoxy) is 1. The molecule has 0 N–H and O–H groups in total. The first-order valence-corrected chi connectivity index (χ1v) is 10.8. The van der Waals surface area contributed by atoms with Gasteiger partial charge in [0.2, 0.25) is 0 Å². The van der Waals surface area contributed by atoms with Crippen LogP contribution in [0, 0.1) is 6.92 Å². The Morgan fingerprint density at radius 3 is 2.96 bits per heavy atom. The van der Waals surface area contributed by atoms with Crippen LogP contribution in [0.2, 0.25) is 5.02 Å². The van der Waals surface area contributed by atoms with Crippen LogP contribution in [0.25, 0.3) is 0 Å². The summed E-state index contributed by atoms with van der Waals surface area (Å²) in [7, 11) is 0. The van der Waals surface area contributed by atoms with Gasteiger partial charge in [-0.25, -0.2) is 9.97 Å². The molecule has 0 saturated carbocycles. The molecule has 1 fully saturated rings. The number of nitrogens with zero attached hydrogens (tertiary/aromatic N) is 3. The van der Waals surface area contributed by atoms with Gasteiger partial charge in [0.15, 0.2) is 0 Å². The van der Waals surface area contributed by atoms with Gasteiger partial charge in [-0.1, -0.05) is 25.4 Å². The van der Waals surface area contributed by atoms with E-state index >= 15 is 0 Å². The summed E-state index contributed by atoms with van der Waals surface area (Å²) in [5.74, 6) is 1.94. The van der Waals surface area contributed by atoms with E-state index < -0.39 is 0 Å². The highest BCUT2D eigenvalue weighted by atomic mass is 35.5. The lowest BCUT2D eigenvalue weighted by Crippen LogP contribution is -2.45. The summed E-state index contributed by atoms with van der Waals surface area (Å²) in [5.41, 5.74) is 5.33. The summed E-state index contributed by atoms with van der Waals surface area (Å²) < 4.78 is 6.12. The highest BCUT2D eigenvalue weighted by Gasteiger charge is 2.44. The van der Waals surface area contributed by atoms with E-state index in [2.05, 4.69) is 35.9 Å². The molecular weight excluding hydrogens is 370 g/mol. The van der Waals surface area contributed by atoms with Gasteiger partial charge >= 0.3 is 0 Å². The van der Waals surface area contributed by atoms with Crippen molar-refractivity contribution in [2.75, 3.05) is 19.7 Å². The van der Waals surface area contributed by atoms with Gasteiger partial charge in [0.1, 0.15) is 11.6 Å². The van der Waals surface area contributed by atoms with Crippen molar-refractivity contribution in [3.05, 3.63) is 51.6 Å². The maximum Gasteiger partial charge on any atom is 0.127 e. The Balaban J connectivity index is 1.44. The number of hydrogen-bond acceptors (Lipinski definition) is 4. The Kier molecular flexibility index (Phi) is 4.22. The van der Waals surface area contributed by atoms with E-state index in [4.69, 9.17) is 21.3 Å². The first kappa shape index (κ1) is 18.4. The van der Waals surface area contributed by atoms with E-state index in [0.29, 0.717) is 0 Å². The minimum atomic E-state index is 0.0247. The number of rotatable bonds is 2. The fourth-order valence-corrected chi connectivity index (χ4v) is 5.64. The van der Waals surface area contributed by atoms with Crippen molar-refractivity contribution in [2.24, 2.45) is 0 Å². The van der Waals surface area contributed by atoms with E-state index in [1.54, 1.807) is 0 Å². The van der Waals surface area contributed by atoms with Gasteiger partial charge in [0.25, 0.3) is 0 Å². The second-order valence-electron chi connectivity index (χ2n) is 9.50. The molecule has 5 rings (SSSR count). The molecule has 0 bridgehead atoms. The first-order chi connectivity index (χ1) is 13.4. The van der Waals surface area contributed by atoms with Gasteiger partial charge in [0.05, 0.1) is 12.3 Å². The van der Waals surface area contributed by atoms with Crippen molar-refractivity contribution in [1.29, 1.82) is 0 Å². The zero-order valence-corrected chi connectivity index (χ0v) is 17.8.